The quantitative estimate of drug-likeness (QED) is 0.685. The second-order valence-corrected chi connectivity index (χ2v) is 9.44. The second kappa shape index (κ2) is 8.22. The number of fused-ring (bicyclic) bond motifs is 1. The van der Waals surface area contributed by atoms with E-state index in [1.165, 1.54) is 38.1 Å². The van der Waals surface area contributed by atoms with Crippen LogP contribution in [0.2, 0.25) is 5.02 Å². The molecule has 2 aromatic carbocycles. The molecule has 1 atom stereocenters. The maximum Gasteiger partial charge on any atom is 0.347 e. The molecule has 0 amide bonds. The van der Waals surface area contributed by atoms with Gasteiger partial charge in [-0.2, -0.15) is 0 Å². The predicted molar refractivity (Wildman–Crippen MR) is 108 cm³/mol. The summed E-state index contributed by atoms with van der Waals surface area (Å²) < 4.78 is 39.1. The summed E-state index contributed by atoms with van der Waals surface area (Å²) in [5, 5.41) is 9.76. The number of halogens is 1. The monoisotopic (exact) mass is 439 g/mol. The molecule has 1 aliphatic heterocycles. The Kier molecular flexibility index (Phi) is 6.07. The van der Waals surface area contributed by atoms with E-state index in [1.807, 2.05) is 6.07 Å². The van der Waals surface area contributed by atoms with Gasteiger partial charge >= 0.3 is 5.97 Å². The van der Waals surface area contributed by atoms with Crippen LogP contribution in [0.3, 0.4) is 0 Å². The minimum absolute atomic E-state index is 0.134. The number of rotatable bonds is 7. The Morgan fingerprint density at radius 2 is 1.97 bits per heavy atom. The molecule has 9 heteroatoms. The molecule has 0 radical (unpaired) electrons. The lowest BCUT2D eigenvalue weighted by Crippen LogP contribution is -2.38. The predicted octanol–water partition coefficient (Wildman–Crippen LogP) is 3.43. The van der Waals surface area contributed by atoms with Crippen LogP contribution >= 0.6 is 11.6 Å². The molecule has 29 heavy (non-hydrogen) atoms. The van der Waals surface area contributed by atoms with Crippen LogP contribution in [0.25, 0.3) is 0 Å². The number of carboxylic acids is 1. The minimum Gasteiger partial charge on any atom is -0.489 e. The lowest BCUT2D eigenvalue weighted by atomic mass is 9.93. The third-order valence-electron chi connectivity index (χ3n) is 4.69. The van der Waals surface area contributed by atoms with Crippen molar-refractivity contribution in [1.82, 2.24) is 4.72 Å². The van der Waals surface area contributed by atoms with Crippen LogP contribution in [0.5, 0.6) is 11.5 Å². The lowest BCUT2D eigenvalue weighted by molar-refractivity contribution is -0.152. The summed E-state index contributed by atoms with van der Waals surface area (Å²) >= 11 is 5.82. The third kappa shape index (κ3) is 4.83. The van der Waals surface area contributed by atoms with Crippen molar-refractivity contribution in [1.29, 1.82) is 0 Å². The van der Waals surface area contributed by atoms with Gasteiger partial charge in [-0.25, -0.2) is 17.9 Å². The molecule has 0 spiro atoms. The van der Waals surface area contributed by atoms with Crippen molar-refractivity contribution in [3.8, 4) is 11.5 Å². The fourth-order valence-corrected chi connectivity index (χ4v) is 4.19. The number of nitrogens with one attached hydrogen (secondary N) is 1. The van der Waals surface area contributed by atoms with Gasteiger partial charge in [0.2, 0.25) is 10.0 Å². The maximum atomic E-state index is 12.6. The molecule has 0 fully saturated rings. The standard InChI is InChI=1S/C20H22ClNO6S/c1-20(2,19(23)24)28-17-5-3-4-16-13(10-11-27-18(16)17)12-22-29(25,26)15-8-6-14(21)7-9-15/h3-9,13,22H,10-12H2,1-2H3,(H,23,24). The molecule has 2 aromatic rings. The second-order valence-electron chi connectivity index (χ2n) is 7.23. The van der Waals surface area contributed by atoms with Crippen LogP contribution in [0.1, 0.15) is 31.7 Å². The van der Waals surface area contributed by atoms with Crippen molar-refractivity contribution >= 4 is 27.6 Å². The van der Waals surface area contributed by atoms with Crippen molar-refractivity contribution in [2.45, 2.75) is 36.7 Å². The van der Waals surface area contributed by atoms with Crippen LogP contribution in [0.15, 0.2) is 47.4 Å². The van der Waals surface area contributed by atoms with Crippen LogP contribution in [0.4, 0.5) is 0 Å². The molecule has 156 valence electrons. The van der Waals surface area contributed by atoms with Gasteiger partial charge in [0.05, 0.1) is 11.5 Å². The van der Waals surface area contributed by atoms with Crippen LogP contribution in [-0.2, 0) is 14.8 Å². The van der Waals surface area contributed by atoms with Gasteiger partial charge in [-0.1, -0.05) is 23.7 Å². The molecule has 0 saturated carbocycles. The molecule has 2 N–H and O–H groups in total. The third-order valence-corrected chi connectivity index (χ3v) is 6.38. The van der Waals surface area contributed by atoms with Crippen LogP contribution in [-0.4, -0.2) is 38.2 Å². The summed E-state index contributed by atoms with van der Waals surface area (Å²) in [5.41, 5.74) is -0.657. The number of hydrogen-bond acceptors (Lipinski definition) is 5. The van der Waals surface area contributed by atoms with E-state index >= 15 is 0 Å². The molecule has 0 aromatic heterocycles. The first-order chi connectivity index (χ1) is 13.6. The number of carbonyl (C=O) groups is 1. The zero-order valence-corrected chi connectivity index (χ0v) is 17.6. The SMILES string of the molecule is CC(C)(Oc1cccc2c1OCCC2CNS(=O)(=O)c1ccc(Cl)cc1)C(=O)O. The Morgan fingerprint density at radius 1 is 1.28 bits per heavy atom. The minimum atomic E-state index is -3.69. The number of sulfonamides is 1. The van der Waals surface area contributed by atoms with E-state index in [1.54, 1.807) is 12.1 Å². The average molecular weight is 440 g/mol. The van der Waals surface area contributed by atoms with Crippen molar-refractivity contribution in [2.24, 2.45) is 0 Å². The van der Waals surface area contributed by atoms with Gasteiger partial charge < -0.3 is 14.6 Å². The molecule has 1 unspecified atom stereocenters. The lowest BCUT2D eigenvalue weighted by Gasteiger charge is -2.30. The first-order valence-electron chi connectivity index (χ1n) is 9.03. The first kappa shape index (κ1) is 21.4. The zero-order chi connectivity index (χ0) is 21.2. The highest BCUT2D eigenvalue weighted by Crippen LogP contribution is 2.41. The Bertz CT molecular complexity index is 1000. The highest BCUT2D eigenvalue weighted by Gasteiger charge is 2.33. The molecule has 0 bridgehead atoms. The fourth-order valence-electron chi connectivity index (χ4n) is 2.99. The summed E-state index contributed by atoms with van der Waals surface area (Å²) in [7, 11) is -3.69. The number of ether oxygens (including phenoxy) is 2. The van der Waals surface area contributed by atoms with E-state index in [0.29, 0.717) is 29.5 Å². The first-order valence-corrected chi connectivity index (χ1v) is 10.9. The Hall–Kier alpha value is -2.29. The molecule has 3 rings (SSSR count). The highest BCUT2D eigenvalue weighted by atomic mass is 35.5. The fraction of sp³-hybridized carbons (Fsp3) is 0.350. The van der Waals surface area contributed by atoms with Gasteiger partial charge in [-0.05, 0) is 50.6 Å². The van der Waals surface area contributed by atoms with E-state index in [2.05, 4.69) is 4.72 Å². The van der Waals surface area contributed by atoms with Gasteiger partial charge in [-0.3, -0.25) is 0 Å². The maximum absolute atomic E-state index is 12.6. The smallest absolute Gasteiger partial charge is 0.347 e. The van der Waals surface area contributed by atoms with E-state index in [4.69, 9.17) is 21.1 Å². The van der Waals surface area contributed by atoms with Crippen molar-refractivity contribution < 1.29 is 27.8 Å². The average Bonchev–Trinajstić information content (AvgIpc) is 2.66. The Labute approximate surface area is 174 Å². The van der Waals surface area contributed by atoms with Crippen molar-refractivity contribution in [3.05, 3.63) is 53.1 Å². The van der Waals surface area contributed by atoms with E-state index < -0.39 is 21.6 Å². The Balaban J connectivity index is 1.80. The normalized spacial score (nSPS) is 16.6. The molecule has 0 saturated heterocycles. The summed E-state index contributed by atoms with van der Waals surface area (Å²) in [6, 6.07) is 11.1. The molecular weight excluding hydrogens is 418 g/mol. The van der Waals surface area contributed by atoms with Gasteiger partial charge in [0.25, 0.3) is 0 Å². The summed E-state index contributed by atoms with van der Waals surface area (Å²) in [6.07, 6.45) is 0.613. The number of para-hydroxylation sites is 1. The molecule has 0 aliphatic carbocycles. The van der Waals surface area contributed by atoms with Crippen LogP contribution in [0, 0.1) is 0 Å². The highest BCUT2D eigenvalue weighted by molar-refractivity contribution is 7.89. The van der Waals surface area contributed by atoms with Gasteiger partial charge in [0.15, 0.2) is 17.1 Å². The van der Waals surface area contributed by atoms with Crippen molar-refractivity contribution in [2.75, 3.05) is 13.2 Å². The van der Waals surface area contributed by atoms with Crippen LogP contribution < -0.4 is 14.2 Å². The summed E-state index contributed by atoms with van der Waals surface area (Å²) in [4.78, 5) is 11.5. The number of aliphatic carboxylic acids is 1. The largest absolute Gasteiger partial charge is 0.489 e. The van der Waals surface area contributed by atoms with E-state index in [-0.39, 0.29) is 17.4 Å². The van der Waals surface area contributed by atoms with Gasteiger partial charge in [-0.15, -0.1) is 0 Å². The molecule has 1 heterocycles. The zero-order valence-electron chi connectivity index (χ0n) is 16.0. The number of carboxylic acid groups (broad SMARTS) is 1. The van der Waals surface area contributed by atoms with Gasteiger partial charge in [0.1, 0.15) is 0 Å². The molecule has 7 nitrogen and oxygen atoms in total. The summed E-state index contributed by atoms with van der Waals surface area (Å²) in [6.45, 7) is 3.45. The number of benzene rings is 2. The van der Waals surface area contributed by atoms with Gasteiger partial charge in [0, 0.05) is 23.0 Å². The molecule has 1 aliphatic rings. The van der Waals surface area contributed by atoms with Crippen molar-refractivity contribution in [3.63, 3.8) is 0 Å². The summed E-state index contributed by atoms with van der Waals surface area (Å²) in [5.74, 6) is -0.473. The van der Waals surface area contributed by atoms with E-state index in [0.717, 1.165) is 5.56 Å². The van der Waals surface area contributed by atoms with E-state index in [9.17, 15) is 18.3 Å². The Morgan fingerprint density at radius 3 is 2.62 bits per heavy atom. The number of hydrogen-bond donors (Lipinski definition) is 2. The topological polar surface area (TPSA) is 102 Å². The molecular formula is C20H22ClNO6S.